The fourth-order valence-corrected chi connectivity index (χ4v) is 4.04. The number of hydrogen-bond acceptors (Lipinski definition) is 3. The Kier molecular flexibility index (Phi) is 6.30. The molecule has 2 aliphatic rings. The number of aryl methyl sites for hydroxylation is 2. The van der Waals surface area contributed by atoms with Gasteiger partial charge in [-0.05, 0) is 32.3 Å². The molecule has 0 bridgehead atoms. The second-order valence-electron chi connectivity index (χ2n) is 7.79. The van der Waals surface area contributed by atoms with Crippen LogP contribution in [-0.4, -0.2) is 60.4 Å². The van der Waals surface area contributed by atoms with Crippen molar-refractivity contribution in [3.05, 3.63) is 34.9 Å². The lowest BCUT2D eigenvalue weighted by Crippen LogP contribution is -2.54. The molecule has 1 saturated carbocycles. The molecule has 0 aromatic heterocycles. The smallest absolute Gasteiger partial charge is 0.317 e. The van der Waals surface area contributed by atoms with E-state index < -0.39 is 0 Å². The number of urea groups is 1. The number of ketones is 1. The fraction of sp³-hybridized carbons (Fsp3) is 0.619. The highest BCUT2D eigenvalue weighted by molar-refractivity contribution is 5.99. The van der Waals surface area contributed by atoms with Crippen LogP contribution in [0.25, 0.3) is 0 Å². The van der Waals surface area contributed by atoms with Gasteiger partial charge in [-0.1, -0.05) is 43.0 Å². The van der Waals surface area contributed by atoms with Crippen molar-refractivity contribution in [3.8, 4) is 0 Å². The van der Waals surface area contributed by atoms with Crippen molar-refractivity contribution in [1.82, 2.24) is 15.1 Å². The normalized spacial score (nSPS) is 19.4. The highest BCUT2D eigenvalue weighted by Gasteiger charge is 2.25. The SMILES string of the molecule is Cc1ccc(C(=O)CN2CCN(C(=O)NC3CCCCC3)CC2)c(C)c1. The van der Waals surface area contributed by atoms with Crippen molar-refractivity contribution in [3.63, 3.8) is 0 Å². The second kappa shape index (κ2) is 8.67. The number of amides is 2. The summed E-state index contributed by atoms with van der Waals surface area (Å²) in [4.78, 5) is 29.1. The molecule has 1 N–H and O–H groups in total. The first kappa shape index (κ1) is 18.9. The molecule has 1 aliphatic heterocycles. The predicted octanol–water partition coefficient (Wildman–Crippen LogP) is 3.15. The number of piperazine rings is 1. The lowest BCUT2D eigenvalue weighted by molar-refractivity contribution is 0.0875. The van der Waals surface area contributed by atoms with Crippen molar-refractivity contribution in [1.29, 1.82) is 0 Å². The molecule has 5 nitrogen and oxygen atoms in total. The molecule has 1 aromatic carbocycles. The standard InChI is InChI=1S/C21H31N3O2/c1-16-8-9-19(17(2)14-16)20(25)15-23-10-12-24(13-11-23)21(26)22-18-6-4-3-5-7-18/h8-9,14,18H,3-7,10-13,15H2,1-2H3,(H,22,26). The zero-order valence-corrected chi connectivity index (χ0v) is 16.1. The Bertz CT molecular complexity index is 645. The van der Waals surface area contributed by atoms with Crippen LogP contribution >= 0.6 is 0 Å². The number of Topliss-reactive ketones (excluding diaryl/α,β-unsaturated/α-hetero) is 1. The largest absolute Gasteiger partial charge is 0.335 e. The van der Waals surface area contributed by atoms with E-state index in [1.807, 2.05) is 30.9 Å². The number of carbonyl (C=O) groups is 2. The minimum atomic E-state index is 0.0669. The third kappa shape index (κ3) is 4.85. The summed E-state index contributed by atoms with van der Waals surface area (Å²) in [5.41, 5.74) is 3.03. The van der Waals surface area contributed by atoms with E-state index in [9.17, 15) is 9.59 Å². The summed E-state index contributed by atoms with van der Waals surface area (Å²) in [5, 5.41) is 3.18. The summed E-state index contributed by atoms with van der Waals surface area (Å²) in [7, 11) is 0. The van der Waals surface area contributed by atoms with Crippen molar-refractivity contribution < 1.29 is 9.59 Å². The number of benzene rings is 1. The molecule has 5 heteroatoms. The molecule has 1 heterocycles. The molecule has 0 unspecified atom stereocenters. The molecule has 26 heavy (non-hydrogen) atoms. The number of rotatable bonds is 4. The molecule has 0 atom stereocenters. The average molecular weight is 357 g/mol. The first-order valence-electron chi connectivity index (χ1n) is 9.91. The van der Waals surface area contributed by atoms with Crippen LogP contribution in [0.1, 0.15) is 53.6 Å². The minimum Gasteiger partial charge on any atom is -0.335 e. The monoisotopic (exact) mass is 357 g/mol. The van der Waals surface area contributed by atoms with Crippen LogP contribution in [0.15, 0.2) is 18.2 Å². The second-order valence-corrected chi connectivity index (χ2v) is 7.79. The van der Waals surface area contributed by atoms with Gasteiger partial charge in [0.1, 0.15) is 0 Å². The van der Waals surface area contributed by atoms with Gasteiger partial charge < -0.3 is 10.2 Å². The summed E-state index contributed by atoms with van der Waals surface area (Å²) in [6.07, 6.45) is 5.95. The third-order valence-corrected chi connectivity index (χ3v) is 5.64. The van der Waals surface area contributed by atoms with Crippen LogP contribution in [0, 0.1) is 13.8 Å². The lowest BCUT2D eigenvalue weighted by atomic mass is 9.96. The van der Waals surface area contributed by atoms with Gasteiger partial charge in [-0.15, -0.1) is 0 Å². The highest BCUT2D eigenvalue weighted by Crippen LogP contribution is 2.18. The van der Waals surface area contributed by atoms with Crippen LogP contribution in [0.4, 0.5) is 4.79 Å². The van der Waals surface area contributed by atoms with Gasteiger partial charge in [0.25, 0.3) is 0 Å². The summed E-state index contributed by atoms with van der Waals surface area (Å²) < 4.78 is 0. The molecule has 1 aromatic rings. The Hall–Kier alpha value is -1.88. The van der Waals surface area contributed by atoms with Gasteiger partial charge in [0.05, 0.1) is 6.54 Å². The molecule has 2 amide bonds. The summed E-state index contributed by atoms with van der Waals surface area (Å²) in [6.45, 7) is 7.37. The predicted molar refractivity (Wildman–Crippen MR) is 104 cm³/mol. The van der Waals surface area contributed by atoms with E-state index >= 15 is 0 Å². The molecular formula is C21H31N3O2. The molecule has 0 spiro atoms. The minimum absolute atomic E-state index is 0.0669. The van der Waals surface area contributed by atoms with E-state index in [0.717, 1.165) is 37.1 Å². The van der Waals surface area contributed by atoms with E-state index in [4.69, 9.17) is 0 Å². The maximum Gasteiger partial charge on any atom is 0.317 e. The first-order valence-corrected chi connectivity index (χ1v) is 9.91. The number of carbonyl (C=O) groups excluding carboxylic acids is 2. The van der Waals surface area contributed by atoms with E-state index in [2.05, 4.69) is 16.3 Å². The maximum atomic E-state index is 12.6. The highest BCUT2D eigenvalue weighted by atomic mass is 16.2. The van der Waals surface area contributed by atoms with E-state index in [0.29, 0.717) is 25.7 Å². The van der Waals surface area contributed by atoms with Crippen LogP contribution in [0.3, 0.4) is 0 Å². The topological polar surface area (TPSA) is 52.7 Å². The van der Waals surface area contributed by atoms with Gasteiger partial charge in [0.15, 0.2) is 5.78 Å². The van der Waals surface area contributed by atoms with Gasteiger partial charge >= 0.3 is 6.03 Å². The quantitative estimate of drug-likeness (QED) is 0.842. The Balaban J connectivity index is 1.45. The Labute approximate surface area is 156 Å². The molecule has 1 aliphatic carbocycles. The van der Waals surface area contributed by atoms with Crippen molar-refractivity contribution >= 4 is 11.8 Å². The fourth-order valence-electron chi connectivity index (χ4n) is 4.04. The zero-order valence-electron chi connectivity index (χ0n) is 16.1. The van der Waals surface area contributed by atoms with Gasteiger partial charge in [-0.25, -0.2) is 4.79 Å². The Morgan fingerprint density at radius 2 is 1.73 bits per heavy atom. The van der Waals surface area contributed by atoms with Gasteiger partial charge in [-0.2, -0.15) is 0 Å². The molecule has 0 radical (unpaired) electrons. The molecular weight excluding hydrogens is 326 g/mol. The van der Waals surface area contributed by atoms with Crippen LogP contribution in [0.5, 0.6) is 0 Å². The molecule has 2 fully saturated rings. The van der Waals surface area contributed by atoms with E-state index in [1.165, 1.54) is 24.8 Å². The molecule has 142 valence electrons. The third-order valence-electron chi connectivity index (χ3n) is 5.64. The van der Waals surface area contributed by atoms with Gasteiger partial charge in [0.2, 0.25) is 0 Å². The van der Waals surface area contributed by atoms with Crippen LogP contribution < -0.4 is 5.32 Å². The van der Waals surface area contributed by atoms with Gasteiger partial charge in [0, 0.05) is 37.8 Å². The van der Waals surface area contributed by atoms with Crippen molar-refractivity contribution in [2.24, 2.45) is 0 Å². The summed E-state index contributed by atoms with van der Waals surface area (Å²) in [6, 6.07) is 6.40. The summed E-state index contributed by atoms with van der Waals surface area (Å²) >= 11 is 0. The zero-order chi connectivity index (χ0) is 18.5. The van der Waals surface area contributed by atoms with Crippen LogP contribution in [-0.2, 0) is 0 Å². The number of hydrogen-bond donors (Lipinski definition) is 1. The van der Waals surface area contributed by atoms with E-state index in [1.54, 1.807) is 0 Å². The maximum absolute atomic E-state index is 12.6. The summed E-state index contributed by atoms with van der Waals surface area (Å²) in [5.74, 6) is 0.169. The average Bonchev–Trinajstić information content (AvgIpc) is 2.63. The lowest BCUT2D eigenvalue weighted by Gasteiger charge is -2.35. The Morgan fingerprint density at radius 1 is 1.04 bits per heavy atom. The molecule has 1 saturated heterocycles. The molecule has 3 rings (SSSR count). The van der Waals surface area contributed by atoms with Gasteiger partial charge in [-0.3, -0.25) is 9.69 Å². The first-order chi connectivity index (χ1) is 12.5. The Morgan fingerprint density at radius 3 is 2.38 bits per heavy atom. The van der Waals surface area contributed by atoms with E-state index in [-0.39, 0.29) is 11.8 Å². The van der Waals surface area contributed by atoms with Crippen LogP contribution in [0.2, 0.25) is 0 Å². The van der Waals surface area contributed by atoms with Crippen molar-refractivity contribution in [2.45, 2.75) is 52.0 Å². The van der Waals surface area contributed by atoms with Crippen molar-refractivity contribution in [2.75, 3.05) is 32.7 Å². The number of nitrogens with one attached hydrogen (secondary N) is 1. The number of nitrogens with zero attached hydrogens (tertiary/aromatic N) is 2.